The smallest absolute Gasteiger partial charge is 0.259 e. The van der Waals surface area contributed by atoms with Crippen molar-refractivity contribution >= 4 is 34.1 Å². The van der Waals surface area contributed by atoms with Crippen molar-refractivity contribution in [2.75, 3.05) is 19.5 Å². The fourth-order valence-corrected chi connectivity index (χ4v) is 5.05. The third-order valence-corrected chi connectivity index (χ3v) is 7.10. The Kier molecular flexibility index (Phi) is 5.88. The number of nitrogens with zero attached hydrogens (tertiary/aromatic N) is 6. The first kappa shape index (κ1) is 22.8. The Morgan fingerprint density at radius 3 is 2.83 bits per heavy atom. The summed E-state index contributed by atoms with van der Waals surface area (Å²) in [6, 6.07) is 5.87. The van der Waals surface area contributed by atoms with Gasteiger partial charge in [0.05, 0.1) is 30.4 Å². The maximum Gasteiger partial charge on any atom is 0.259 e. The highest BCUT2D eigenvalue weighted by atomic mass is 16.5. The summed E-state index contributed by atoms with van der Waals surface area (Å²) in [5.41, 5.74) is 2.27. The zero-order valence-corrected chi connectivity index (χ0v) is 20.3. The number of nitrogens with one attached hydrogen (secondary N) is 1. The first-order valence-corrected chi connectivity index (χ1v) is 11.8. The number of carbonyl (C=O) groups is 2. The first-order valence-electron chi connectivity index (χ1n) is 11.8. The van der Waals surface area contributed by atoms with Crippen LogP contribution in [-0.2, 0) is 4.79 Å². The maximum atomic E-state index is 13.2. The van der Waals surface area contributed by atoms with Crippen molar-refractivity contribution in [3.8, 4) is 5.75 Å². The molecule has 3 atom stereocenters. The van der Waals surface area contributed by atoms with E-state index in [2.05, 4.69) is 22.3 Å². The van der Waals surface area contributed by atoms with Gasteiger partial charge in [-0.1, -0.05) is 6.92 Å². The van der Waals surface area contributed by atoms with Crippen LogP contribution in [0.5, 0.6) is 5.75 Å². The molecule has 10 heteroatoms. The van der Waals surface area contributed by atoms with Gasteiger partial charge in [0.1, 0.15) is 11.4 Å². The van der Waals surface area contributed by atoms with E-state index in [1.165, 1.54) is 0 Å². The van der Waals surface area contributed by atoms with E-state index in [9.17, 15) is 9.59 Å². The van der Waals surface area contributed by atoms with E-state index in [1.807, 2.05) is 28.9 Å². The van der Waals surface area contributed by atoms with Crippen molar-refractivity contribution in [3.63, 3.8) is 0 Å². The van der Waals surface area contributed by atoms with Crippen LogP contribution in [0.1, 0.15) is 49.5 Å². The van der Waals surface area contributed by atoms with Crippen LogP contribution < -0.4 is 10.1 Å². The monoisotopic (exact) mass is 475 g/mol. The second kappa shape index (κ2) is 9.01. The number of rotatable bonds is 5. The van der Waals surface area contributed by atoms with Gasteiger partial charge < -0.3 is 15.0 Å². The Morgan fingerprint density at radius 1 is 1.26 bits per heavy atom. The minimum absolute atomic E-state index is 0.100. The van der Waals surface area contributed by atoms with Crippen LogP contribution in [-0.4, -0.2) is 61.3 Å². The molecule has 1 aliphatic rings. The Morgan fingerprint density at radius 2 is 2.09 bits per heavy atom. The molecule has 0 spiro atoms. The molecule has 1 fully saturated rings. The standard InChI is InChI=1S/C25H29N7O3/c1-15-10-18(30(3)16(2)33)6-7-22(15)32-14-17-11-19(23(35-4)12-20(17)29-32)25(34)28-21-13-27-31-9-5-8-26-24(21)31/h5,8-9,11-15,18,22H,6-7,10H2,1-4H3,(H,28,34)/t15-,18+,22-/m0/s1. The molecule has 0 saturated heterocycles. The van der Waals surface area contributed by atoms with Gasteiger partial charge >= 0.3 is 0 Å². The highest BCUT2D eigenvalue weighted by Crippen LogP contribution is 2.37. The van der Waals surface area contributed by atoms with E-state index >= 15 is 0 Å². The molecule has 0 unspecified atom stereocenters. The Labute approximate surface area is 202 Å². The van der Waals surface area contributed by atoms with Crippen LogP contribution >= 0.6 is 0 Å². The molecule has 1 aliphatic carbocycles. The fraction of sp³-hybridized carbons (Fsp3) is 0.400. The number of fused-ring (bicyclic) bond motifs is 2. The number of aromatic nitrogens is 5. The number of hydrogen-bond acceptors (Lipinski definition) is 6. The largest absolute Gasteiger partial charge is 0.496 e. The van der Waals surface area contributed by atoms with Crippen molar-refractivity contribution in [3.05, 3.63) is 48.5 Å². The molecule has 1 aromatic carbocycles. The van der Waals surface area contributed by atoms with Crippen molar-refractivity contribution in [2.45, 2.75) is 45.2 Å². The minimum atomic E-state index is -0.307. The Bertz CT molecular complexity index is 1410. The number of benzene rings is 1. The van der Waals surface area contributed by atoms with Gasteiger partial charge in [-0.3, -0.25) is 14.3 Å². The number of amides is 2. The molecular formula is C25H29N7O3. The summed E-state index contributed by atoms with van der Waals surface area (Å²) >= 11 is 0. The molecule has 0 aliphatic heterocycles. The van der Waals surface area contributed by atoms with Gasteiger partial charge in [-0.15, -0.1) is 0 Å². The van der Waals surface area contributed by atoms with Gasteiger partial charge in [-0.25, -0.2) is 9.50 Å². The summed E-state index contributed by atoms with van der Waals surface area (Å²) in [4.78, 5) is 31.1. The highest BCUT2D eigenvalue weighted by Gasteiger charge is 2.32. The van der Waals surface area contributed by atoms with E-state index in [1.54, 1.807) is 49.3 Å². The molecule has 1 saturated carbocycles. The van der Waals surface area contributed by atoms with Crippen molar-refractivity contribution < 1.29 is 14.3 Å². The van der Waals surface area contributed by atoms with Gasteiger partial charge in [-0.2, -0.15) is 10.2 Å². The lowest BCUT2D eigenvalue weighted by molar-refractivity contribution is -0.130. The van der Waals surface area contributed by atoms with Crippen molar-refractivity contribution in [2.24, 2.45) is 5.92 Å². The van der Waals surface area contributed by atoms with Gasteiger partial charge in [0.15, 0.2) is 5.65 Å². The average Bonchev–Trinajstić information content (AvgIpc) is 3.46. The number of hydrogen-bond donors (Lipinski definition) is 1. The lowest BCUT2D eigenvalue weighted by Gasteiger charge is -2.38. The molecule has 35 heavy (non-hydrogen) atoms. The van der Waals surface area contributed by atoms with Crippen LogP contribution in [0, 0.1) is 5.92 Å². The topological polar surface area (TPSA) is 107 Å². The molecule has 4 aromatic rings. The normalized spacial score (nSPS) is 20.2. The molecule has 182 valence electrons. The molecule has 3 aromatic heterocycles. The number of anilines is 1. The molecular weight excluding hydrogens is 446 g/mol. The van der Waals surface area contributed by atoms with E-state index in [0.29, 0.717) is 28.6 Å². The molecule has 10 nitrogen and oxygen atoms in total. The molecule has 1 N–H and O–H groups in total. The van der Waals surface area contributed by atoms with E-state index in [4.69, 9.17) is 9.84 Å². The summed E-state index contributed by atoms with van der Waals surface area (Å²) in [6.45, 7) is 3.82. The number of ether oxygens (including phenoxy) is 1. The third-order valence-electron chi connectivity index (χ3n) is 7.10. The van der Waals surface area contributed by atoms with E-state index < -0.39 is 0 Å². The average molecular weight is 476 g/mol. The highest BCUT2D eigenvalue weighted by molar-refractivity contribution is 6.09. The fourth-order valence-electron chi connectivity index (χ4n) is 5.05. The number of methoxy groups -OCH3 is 1. The molecule has 0 radical (unpaired) electrons. The third kappa shape index (κ3) is 4.20. The number of carbonyl (C=O) groups excluding carboxylic acids is 2. The lowest BCUT2D eigenvalue weighted by Crippen LogP contribution is -2.41. The molecule has 2 amide bonds. The first-order chi connectivity index (χ1) is 16.9. The predicted octanol–water partition coefficient (Wildman–Crippen LogP) is 3.55. The van der Waals surface area contributed by atoms with Crippen molar-refractivity contribution in [1.82, 2.24) is 29.3 Å². The second-order valence-corrected chi connectivity index (χ2v) is 9.26. The summed E-state index contributed by atoms with van der Waals surface area (Å²) < 4.78 is 9.15. The van der Waals surface area contributed by atoms with E-state index in [0.717, 1.165) is 30.2 Å². The predicted molar refractivity (Wildman–Crippen MR) is 132 cm³/mol. The molecule has 0 bridgehead atoms. The summed E-state index contributed by atoms with van der Waals surface area (Å²) in [5, 5.41) is 12.8. The van der Waals surface area contributed by atoms with Crippen molar-refractivity contribution in [1.29, 1.82) is 0 Å². The second-order valence-electron chi connectivity index (χ2n) is 9.26. The van der Waals surface area contributed by atoms with Gasteiger partial charge in [-0.05, 0) is 37.3 Å². The molecule has 3 heterocycles. The van der Waals surface area contributed by atoms with E-state index in [-0.39, 0.29) is 23.9 Å². The Hall–Kier alpha value is -3.95. The summed E-state index contributed by atoms with van der Waals surface area (Å²) in [5.74, 6) is 0.601. The van der Waals surface area contributed by atoms with Gasteiger partial charge in [0, 0.05) is 50.1 Å². The Balaban J connectivity index is 1.40. The van der Waals surface area contributed by atoms with Crippen LogP contribution in [0.25, 0.3) is 16.6 Å². The minimum Gasteiger partial charge on any atom is -0.496 e. The summed E-state index contributed by atoms with van der Waals surface area (Å²) in [6.07, 6.45) is 9.80. The van der Waals surface area contributed by atoms with Gasteiger partial charge in [0.2, 0.25) is 5.91 Å². The molecule has 5 rings (SSSR count). The quantitative estimate of drug-likeness (QED) is 0.473. The zero-order valence-electron chi connectivity index (χ0n) is 20.3. The van der Waals surface area contributed by atoms with Crippen LogP contribution in [0.15, 0.2) is 43.0 Å². The maximum absolute atomic E-state index is 13.2. The van der Waals surface area contributed by atoms with Crippen LogP contribution in [0.2, 0.25) is 0 Å². The van der Waals surface area contributed by atoms with Gasteiger partial charge in [0.25, 0.3) is 5.91 Å². The zero-order chi connectivity index (χ0) is 24.7. The SMILES string of the molecule is COc1cc2nn([C@H]3CC[C@@H](N(C)C(C)=O)C[C@@H]3C)cc2cc1C(=O)Nc1cnn2cccnc12. The van der Waals surface area contributed by atoms with Crippen LogP contribution in [0.4, 0.5) is 5.69 Å². The van der Waals surface area contributed by atoms with Crippen LogP contribution in [0.3, 0.4) is 0 Å². The lowest BCUT2D eigenvalue weighted by atomic mass is 9.82. The summed E-state index contributed by atoms with van der Waals surface area (Å²) in [7, 11) is 3.42.